The number of alkyl halides is 3. The molecule has 2 aromatic carbocycles. The van der Waals surface area contributed by atoms with Crippen LogP contribution in [0.3, 0.4) is 0 Å². The molecule has 2 heterocycles. The van der Waals surface area contributed by atoms with Gasteiger partial charge in [-0.25, -0.2) is 24.2 Å². The molecule has 0 saturated heterocycles. The van der Waals surface area contributed by atoms with Crippen LogP contribution in [0, 0.1) is 29.4 Å². The number of H-pyrrole nitrogens is 1. The average molecular weight is 529 g/mol. The lowest BCUT2D eigenvalue weighted by molar-refractivity contribution is -0.137. The molecule has 2 N–H and O–H groups in total. The summed E-state index contributed by atoms with van der Waals surface area (Å²) in [5, 5.41) is 0.247. The van der Waals surface area contributed by atoms with Crippen molar-refractivity contribution in [1.29, 1.82) is 0 Å². The van der Waals surface area contributed by atoms with Crippen molar-refractivity contribution in [3.8, 4) is 22.6 Å². The van der Waals surface area contributed by atoms with Gasteiger partial charge in [0.05, 0.1) is 22.9 Å². The van der Waals surface area contributed by atoms with Gasteiger partial charge in [-0.05, 0) is 61.6 Å². The molecule has 0 radical (unpaired) electrons. The van der Waals surface area contributed by atoms with Gasteiger partial charge in [0.2, 0.25) is 0 Å². The predicted octanol–water partition coefficient (Wildman–Crippen LogP) is 7.76. The molecule has 38 heavy (non-hydrogen) atoms. The van der Waals surface area contributed by atoms with E-state index in [0.29, 0.717) is 40.4 Å². The van der Waals surface area contributed by atoms with E-state index in [1.165, 1.54) is 37.2 Å². The maximum atomic E-state index is 14.3. The molecule has 0 unspecified atom stereocenters. The largest absolute Gasteiger partial charge is 0.416 e. The monoisotopic (exact) mass is 528 g/mol. The molecule has 3 aliphatic carbocycles. The number of halogens is 5. The van der Waals surface area contributed by atoms with Gasteiger partial charge in [-0.3, -0.25) is 4.84 Å². The van der Waals surface area contributed by atoms with Gasteiger partial charge in [0, 0.05) is 34.8 Å². The Labute approximate surface area is 215 Å². The lowest BCUT2D eigenvalue weighted by Gasteiger charge is -2.46. The van der Waals surface area contributed by atoms with Crippen LogP contribution in [0.25, 0.3) is 33.5 Å². The van der Waals surface area contributed by atoms with Crippen LogP contribution in [0.2, 0.25) is 0 Å². The molecule has 2 atom stereocenters. The van der Waals surface area contributed by atoms with Crippen LogP contribution in [-0.4, -0.2) is 21.1 Å². The van der Waals surface area contributed by atoms with Gasteiger partial charge in [-0.2, -0.15) is 13.2 Å². The van der Waals surface area contributed by atoms with E-state index in [4.69, 9.17) is 4.84 Å². The lowest BCUT2D eigenvalue weighted by atomic mass is 9.63. The van der Waals surface area contributed by atoms with E-state index in [-0.39, 0.29) is 22.8 Å². The summed E-state index contributed by atoms with van der Waals surface area (Å²) in [4.78, 5) is 18.0. The molecular formula is C28H25F5N4O. The predicted molar refractivity (Wildman–Crippen MR) is 133 cm³/mol. The van der Waals surface area contributed by atoms with E-state index in [1.807, 2.05) is 0 Å². The van der Waals surface area contributed by atoms with Crippen LogP contribution in [-0.2, 0) is 11.0 Å². The summed E-state index contributed by atoms with van der Waals surface area (Å²) >= 11 is 0. The zero-order chi connectivity index (χ0) is 26.6. The second-order valence-corrected chi connectivity index (χ2v) is 10.3. The third kappa shape index (κ3) is 4.51. The molecule has 2 bridgehead atoms. The molecule has 7 rings (SSSR count). The van der Waals surface area contributed by atoms with Crippen LogP contribution in [0.5, 0.6) is 0 Å². The Hall–Kier alpha value is -3.53. The smallest absolute Gasteiger partial charge is 0.358 e. The van der Waals surface area contributed by atoms with Crippen LogP contribution >= 0.6 is 0 Å². The van der Waals surface area contributed by atoms with Crippen molar-refractivity contribution < 1.29 is 26.8 Å². The fourth-order valence-corrected chi connectivity index (χ4v) is 5.97. The Bertz CT molecular complexity index is 1470. The zero-order valence-electron chi connectivity index (χ0n) is 20.4. The molecule has 4 aromatic rings. The minimum Gasteiger partial charge on any atom is -0.358 e. The normalized spacial score (nSPS) is 23.2. The molecule has 3 saturated carbocycles. The second-order valence-electron chi connectivity index (χ2n) is 10.3. The van der Waals surface area contributed by atoms with Gasteiger partial charge in [0.25, 0.3) is 0 Å². The number of hydrogen-bond donors (Lipinski definition) is 2. The topological polar surface area (TPSA) is 62.8 Å². The van der Waals surface area contributed by atoms with Crippen molar-refractivity contribution in [2.24, 2.45) is 17.8 Å². The number of aromatic amines is 1. The molecular weight excluding hydrogens is 503 g/mol. The lowest BCUT2D eigenvalue weighted by Crippen LogP contribution is -2.45. The second kappa shape index (κ2) is 9.34. The van der Waals surface area contributed by atoms with E-state index in [9.17, 15) is 22.0 Å². The van der Waals surface area contributed by atoms with E-state index >= 15 is 0 Å². The Balaban J connectivity index is 1.39. The van der Waals surface area contributed by atoms with Crippen LogP contribution in [0.4, 0.5) is 27.8 Å². The number of hydrogen-bond acceptors (Lipinski definition) is 4. The minimum absolute atomic E-state index is 0.00622. The highest BCUT2D eigenvalue weighted by Crippen LogP contribution is 2.46. The molecule has 10 heteroatoms. The zero-order valence-corrected chi connectivity index (χ0v) is 20.4. The van der Waals surface area contributed by atoms with Gasteiger partial charge >= 0.3 is 6.18 Å². The number of nitrogens with one attached hydrogen (secondary N) is 2. The Morgan fingerprint density at radius 1 is 0.947 bits per heavy atom. The molecule has 198 valence electrons. The quantitative estimate of drug-likeness (QED) is 0.205. The van der Waals surface area contributed by atoms with E-state index < -0.39 is 23.4 Å². The first-order valence-electron chi connectivity index (χ1n) is 12.6. The number of aromatic nitrogens is 3. The molecule has 2 aromatic heterocycles. The van der Waals surface area contributed by atoms with Gasteiger partial charge < -0.3 is 4.98 Å². The number of rotatable bonds is 5. The Kier molecular flexibility index (Phi) is 6.09. The summed E-state index contributed by atoms with van der Waals surface area (Å²) in [6.45, 7) is 2.19. The maximum Gasteiger partial charge on any atom is 0.416 e. The van der Waals surface area contributed by atoms with Gasteiger partial charge in [0.15, 0.2) is 11.6 Å². The minimum atomic E-state index is -4.47. The van der Waals surface area contributed by atoms with Crippen molar-refractivity contribution in [2.75, 3.05) is 5.48 Å². The molecule has 0 amide bonds. The number of benzene rings is 2. The van der Waals surface area contributed by atoms with Crippen molar-refractivity contribution in [3.05, 3.63) is 65.9 Å². The number of nitrogens with zero attached hydrogens (tertiary/aromatic N) is 2. The Morgan fingerprint density at radius 2 is 1.66 bits per heavy atom. The van der Waals surface area contributed by atoms with Gasteiger partial charge in [-0.1, -0.05) is 19.1 Å². The molecule has 0 spiro atoms. The van der Waals surface area contributed by atoms with Gasteiger partial charge in [-0.15, -0.1) is 0 Å². The summed E-state index contributed by atoms with van der Waals surface area (Å²) in [7, 11) is 0. The summed E-state index contributed by atoms with van der Waals surface area (Å²) in [5.74, 6) is 0.369. The highest BCUT2D eigenvalue weighted by atomic mass is 19.4. The standard InChI is InChI=1S/C28H25F5N4O/c1-14-15-2-4-17(5-3-15)26(14)38-37-24-12-23(16-6-8-18(9-7-16)28(31,32)33)35-27(36-24)21-13-34-25-20(21)10-19(29)11-22(25)30/h6-15,17,26,34H,2-5H2,1H3,(H,35,36,37)/t14-,15?,17?,26+/m1/s1. The molecule has 3 aliphatic rings. The van der Waals surface area contributed by atoms with Crippen molar-refractivity contribution in [3.63, 3.8) is 0 Å². The number of fused-ring (bicyclic) bond motifs is 4. The summed E-state index contributed by atoms with van der Waals surface area (Å²) in [5.41, 5.74) is 3.39. The summed E-state index contributed by atoms with van der Waals surface area (Å²) in [6, 6.07) is 8.18. The number of anilines is 1. The highest BCUT2D eigenvalue weighted by Gasteiger charge is 2.42. The van der Waals surface area contributed by atoms with E-state index in [1.54, 1.807) is 6.07 Å². The third-order valence-corrected chi connectivity index (χ3v) is 8.02. The molecule has 5 nitrogen and oxygen atoms in total. The molecule has 3 fully saturated rings. The fraction of sp³-hybridized carbons (Fsp3) is 0.357. The fourth-order valence-electron chi connectivity index (χ4n) is 5.97. The van der Waals surface area contributed by atoms with Crippen LogP contribution < -0.4 is 5.48 Å². The van der Waals surface area contributed by atoms with E-state index in [2.05, 4.69) is 27.4 Å². The van der Waals surface area contributed by atoms with Crippen molar-refractivity contribution in [2.45, 2.75) is 44.9 Å². The van der Waals surface area contributed by atoms with Gasteiger partial charge in [0.1, 0.15) is 11.6 Å². The summed E-state index contributed by atoms with van der Waals surface area (Å²) in [6.07, 6.45) is 1.64. The van der Waals surface area contributed by atoms with Crippen LogP contribution in [0.1, 0.15) is 38.2 Å². The van der Waals surface area contributed by atoms with Crippen molar-refractivity contribution in [1.82, 2.24) is 15.0 Å². The Morgan fingerprint density at radius 3 is 2.34 bits per heavy atom. The first-order chi connectivity index (χ1) is 18.2. The first-order valence-corrected chi connectivity index (χ1v) is 12.6. The van der Waals surface area contributed by atoms with Crippen LogP contribution in [0.15, 0.2) is 48.7 Å². The van der Waals surface area contributed by atoms with E-state index in [0.717, 1.165) is 31.0 Å². The average Bonchev–Trinajstić information content (AvgIpc) is 3.32. The molecule has 0 aliphatic heterocycles. The SMILES string of the molecule is C[C@@H]1C2CCC(CC2)[C@H]1ONc1cc(-c2ccc(C(F)(F)F)cc2)nc(-c2c[nH]c3c(F)cc(F)cc23)n1. The third-order valence-electron chi connectivity index (χ3n) is 8.02. The maximum absolute atomic E-state index is 14.3. The summed E-state index contributed by atoms with van der Waals surface area (Å²) < 4.78 is 67.7. The van der Waals surface area contributed by atoms with Crippen molar-refractivity contribution >= 4 is 16.7 Å². The highest BCUT2D eigenvalue weighted by molar-refractivity contribution is 5.94. The first kappa shape index (κ1) is 24.8.